The molecule has 0 bridgehead atoms. The number of nitrogens with zero attached hydrogens (tertiary/aromatic N) is 1. The number of fused-ring (bicyclic) bond motifs is 1. The minimum absolute atomic E-state index is 0.0932. The number of carboxylic acids is 1. The lowest BCUT2D eigenvalue weighted by Gasteiger charge is -2.14. The number of methoxy groups -OCH3 is 1. The van der Waals surface area contributed by atoms with Gasteiger partial charge < -0.3 is 14.6 Å². The number of allylic oxidation sites excluding steroid dienone is 1. The van der Waals surface area contributed by atoms with E-state index in [9.17, 15) is 13.2 Å². The van der Waals surface area contributed by atoms with Gasteiger partial charge in [-0.05, 0) is 47.0 Å². The maximum Gasteiger partial charge on any atom is 0.341 e. The number of rotatable bonds is 10. The van der Waals surface area contributed by atoms with Gasteiger partial charge in [-0.3, -0.25) is 0 Å². The molecule has 0 unspecified atom stereocenters. The van der Waals surface area contributed by atoms with Crippen molar-refractivity contribution in [1.82, 2.24) is 4.83 Å². The van der Waals surface area contributed by atoms with Crippen LogP contribution in [-0.4, -0.2) is 39.4 Å². The Morgan fingerprint density at radius 2 is 1.91 bits per heavy atom. The Kier molecular flexibility index (Phi) is 7.11. The molecule has 0 saturated carbocycles. The van der Waals surface area contributed by atoms with E-state index in [1.54, 1.807) is 30.3 Å². The molecule has 166 valence electrons. The Bertz CT molecular complexity index is 1280. The maximum absolute atomic E-state index is 12.6. The van der Waals surface area contributed by atoms with Crippen molar-refractivity contribution in [3.8, 4) is 11.5 Å². The van der Waals surface area contributed by atoms with Gasteiger partial charge in [-0.15, -0.1) is 6.58 Å². The third-order valence-electron chi connectivity index (χ3n) is 4.50. The van der Waals surface area contributed by atoms with Crippen molar-refractivity contribution in [3.63, 3.8) is 0 Å². The standard InChI is InChI=1S/C23H22N2O6S/c1-3-6-19-11-16(12-21(30-2)23(19)31-15-22(26)27)14-24-25-32(28,29)20-10-9-17-7-4-5-8-18(17)13-20/h3-5,7-14,25H,1,6,15H2,2H3,(H,26,27)/b24-14+. The lowest BCUT2D eigenvalue weighted by atomic mass is 10.1. The summed E-state index contributed by atoms with van der Waals surface area (Å²) in [5.74, 6) is -0.543. The predicted molar refractivity (Wildman–Crippen MR) is 122 cm³/mol. The van der Waals surface area contributed by atoms with E-state index in [-0.39, 0.29) is 10.6 Å². The second-order valence-corrected chi connectivity index (χ2v) is 8.41. The molecule has 0 aromatic heterocycles. The SMILES string of the molecule is C=CCc1cc(/C=N/NS(=O)(=O)c2ccc3ccccc3c2)cc(OC)c1OCC(=O)O. The number of ether oxygens (including phenoxy) is 2. The Labute approximate surface area is 185 Å². The predicted octanol–water partition coefficient (Wildman–Crippen LogP) is 3.35. The highest BCUT2D eigenvalue weighted by Crippen LogP contribution is 2.33. The molecule has 32 heavy (non-hydrogen) atoms. The largest absolute Gasteiger partial charge is 0.493 e. The Balaban J connectivity index is 1.84. The summed E-state index contributed by atoms with van der Waals surface area (Å²) in [6.45, 7) is 3.16. The van der Waals surface area contributed by atoms with E-state index in [1.165, 1.54) is 19.4 Å². The summed E-state index contributed by atoms with van der Waals surface area (Å²) < 4.78 is 35.9. The van der Waals surface area contributed by atoms with Crippen LogP contribution in [0.5, 0.6) is 11.5 Å². The average Bonchev–Trinajstić information content (AvgIpc) is 2.77. The number of hydrogen-bond donors (Lipinski definition) is 2. The first-order valence-corrected chi connectivity index (χ1v) is 11.0. The van der Waals surface area contributed by atoms with Gasteiger partial charge >= 0.3 is 5.97 Å². The van der Waals surface area contributed by atoms with E-state index in [1.807, 2.05) is 24.3 Å². The second kappa shape index (κ2) is 9.97. The van der Waals surface area contributed by atoms with Crippen LogP contribution in [-0.2, 0) is 21.2 Å². The van der Waals surface area contributed by atoms with E-state index in [0.717, 1.165) is 10.8 Å². The van der Waals surface area contributed by atoms with Gasteiger partial charge in [0.05, 0.1) is 18.2 Å². The molecule has 9 heteroatoms. The molecule has 8 nitrogen and oxygen atoms in total. The summed E-state index contributed by atoms with van der Waals surface area (Å²) in [6, 6.07) is 15.5. The van der Waals surface area contributed by atoms with Crippen LogP contribution >= 0.6 is 0 Å². The van der Waals surface area contributed by atoms with Crippen LogP contribution in [0, 0.1) is 0 Å². The van der Waals surface area contributed by atoms with Crippen LogP contribution < -0.4 is 14.3 Å². The van der Waals surface area contributed by atoms with E-state index in [2.05, 4.69) is 16.5 Å². The van der Waals surface area contributed by atoms with Crippen molar-refractivity contribution in [2.75, 3.05) is 13.7 Å². The van der Waals surface area contributed by atoms with Gasteiger partial charge in [-0.2, -0.15) is 13.5 Å². The van der Waals surface area contributed by atoms with Crippen LogP contribution in [0.2, 0.25) is 0 Å². The monoisotopic (exact) mass is 454 g/mol. The summed E-state index contributed by atoms with van der Waals surface area (Å²) in [4.78, 5) is 13.2. The summed E-state index contributed by atoms with van der Waals surface area (Å²) in [6.07, 6.45) is 3.34. The van der Waals surface area contributed by atoms with Crippen molar-refractivity contribution in [2.45, 2.75) is 11.3 Å². The maximum atomic E-state index is 12.6. The number of carbonyl (C=O) groups is 1. The quantitative estimate of drug-likeness (QED) is 0.276. The zero-order chi connectivity index (χ0) is 23.1. The summed E-state index contributed by atoms with van der Waals surface area (Å²) >= 11 is 0. The highest BCUT2D eigenvalue weighted by Gasteiger charge is 2.15. The second-order valence-electron chi connectivity index (χ2n) is 6.75. The van der Waals surface area contributed by atoms with Crippen molar-refractivity contribution in [1.29, 1.82) is 0 Å². The number of hydrogen-bond acceptors (Lipinski definition) is 6. The zero-order valence-electron chi connectivity index (χ0n) is 17.3. The molecule has 0 amide bonds. The van der Waals surface area contributed by atoms with Gasteiger partial charge in [-0.25, -0.2) is 9.63 Å². The van der Waals surface area contributed by atoms with Gasteiger partial charge in [0.15, 0.2) is 18.1 Å². The number of nitrogens with one attached hydrogen (secondary N) is 1. The Hall–Kier alpha value is -3.85. The molecule has 3 aromatic carbocycles. The molecule has 0 spiro atoms. The summed E-state index contributed by atoms with van der Waals surface area (Å²) in [5, 5.41) is 14.5. The highest BCUT2D eigenvalue weighted by atomic mass is 32.2. The molecule has 0 saturated heterocycles. The molecular formula is C23H22N2O6S. The van der Waals surface area contributed by atoms with Gasteiger partial charge in [-0.1, -0.05) is 36.4 Å². The first-order chi connectivity index (χ1) is 15.3. The molecule has 0 aliphatic heterocycles. The number of hydrazone groups is 1. The Morgan fingerprint density at radius 3 is 2.59 bits per heavy atom. The summed E-state index contributed by atoms with van der Waals surface area (Å²) in [5.41, 5.74) is 1.15. The molecule has 0 fully saturated rings. The van der Waals surface area contributed by atoms with Gasteiger partial charge in [0.25, 0.3) is 10.0 Å². The molecular weight excluding hydrogens is 432 g/mol. The fourth-order valence-electron chi connectivity index (χ4n) is 3.07. The number of benzene rings is 3. The normalized spacial score (nSPS) is 11.4. The molecule has 0 radical (unpaired) electrons. The van der Waals surface area contributed by atoms with Crippen molar-refractivity contribution in [2.24, 2.45) is 5.10 Å². The molecule has 3 rings (SSSR count). The Morgan fingerprint density at radius 1 is 1.16 bits per heavy atom. The van der Waals surface area contributed by atoms with Crippen LogP contribution in [0.4, 0.5) is 0 Å². The zero-order valence-corrected chi connectivity index (χ0v) is 18.1. The lowest BCUT2D eigenvalue weighted by molar-refractivity contribution is -0.139. The first kappa shape index (κ1) is 22.8. The minimum atomic E-state index is -3.87. The third-order valence-corrected chi connectivity index (χ3v) is 5.72. The summed E-state index contributed by atoms with van der Waals surface area (Å²) in [7, 11) is -2.45. The number of aliphatic carboxylic acids is 1. The van der Waals surface area contributed by atoms with Crippen LogP contribution in [0.25, 0.3) is 10.8 Å². The van der Waals surface area contributed by atoms with Gasteiger partial charge in [0.1, 0.15) is 0 Å². The molecule has 0 heterocycles. The minimum Gasteiger partial charge on any atom is -0.493 e. The van der Waals surface area contributed by atoms with Gasteiger partial charge in [0.2, 0.25) is 0 Å². The fraction of sp³-hybridized carbons (Fsp3) is 0.130. The smallest absolute Gasteiger partial charge is 0.341 e. The van der Waals surface area contributed by atoms with E-state index in [0.29, 0.717) is 23.3 Å². The van der Waals surface area contributed by atoms with Gasteiger partial charge in [0, 0.05) is 5.56 Å². The third kappa shape index (κ3) is 5.44. The molecule has 0 aliphatic carbocycles. The van der Waals surface area contributed by atoms with Crippen molar-refractivity contribution >= 4 is 33.0 Å². The molecule has 3 aromatic rings. The molecule has 0 aliphatic rings. The molecule has 2 N–H and O–H groups in total. The van der Waals surface area contributed by atoms with Crippen molar-refractivity contribution < 1.29 is 27.8 Å². The fourth-order valence-corrected chi connectivity index (χ4v) is 3.90. The van der Waals surface area contributed by atoms with Crippen LogP contribution in [0.3, 0.4) is 0 Å². The topological polar surface area (TPSA) is 114 Å². The highest BCUT2D eigenvalue weighted by molar-refractivity contribution is 7.89. The lowest BCUT2D eigenvalue weighted by Crippen LogP contribution is -2.18. The van der Waals surface area contributed by atoms with E-state index in [4.69, 9.17) is 14.6 Å². The van der Waals surface area contributed by atoms with Crippen LogP contribution in [0.15, 0.2) is 77.2 Å². The first-order valence-electron chi connectivity index (χ1n) is 9.54. The number of carboxylic acid groups (broad SMARTS) is 1. The van der Waals surface area contributed by atoms with Crippen molar-refractivity contribution in [3.05, 3.63) is 78.4 Å². The van der Waals surface area contributed by atoms with E-state index < -0.39 is 22.6 Å². The number of sulfonamides is 1. The van der Waals surface area contributed by atoms with Crippen LogP contribution in [0.1, 0.15) is 11.1 Å². The van der Waals surface area contributed by atoms with E-state index >= 15 is 0 Å². The average molecular weight is 455 g/mol. The molecule has 0 atom stereocenters.